The van der Waals surface area contributed by atoms with E-state index >= 15 is 0 Å². The van der Waals surface area contributed by atoms with Crippen LogP contribution in [0.1, 0.15) is 20.8 Å². The molecule has 1 rings (SSSR count). The third kappa shape index (κ3) is 1.58. The molecule has 0 bridgehead atoms. The average molecular weight is 227 g/mol. The van der Waals surface area contributed by atoms with Crippen molar-refractivity contribution in [2.45, 2.75) is 36.5 Å². The molecule has 0 spiro atoms. The normalized spacial score (nSPS) is 11.9. The van der Waals surface area contributed by atoms with Crippen molar-refractivity contribution in [2.24, 2.45) is 0 Å². The van der Waals surface area contributed by atoms with Crippen molar-refractivity contribution in [3.8, 4) is 0 Å². The monoisotopic (exact) mass is 228 g/mol. The van der Waals surface area contributed by atoms with E-state index in [0.29, 0.717) is 0 Å². The minimum absolute atomic E-state index is 1.34. The second-order valence-corrected chi connectivity index (χ2v) is 13.8. The van der Waals surface area contributed by atoms with E-state index in [-0.39, 0.29) is 0 Å². The van der Waals surface area contributed by atoms with Crippen LogP contribution in [0.2, 0.25) is 15.8 Å². The van der Waals surface area contributed by atoms with Gasteiger partial charge in [0.1, 0.15) is 0 Å². The second-order valence-electron chi connectivity index (χ2n) is 3.24. The summed E-state index contributed by atoms with van der Waals surface area (Å²) < 4.78 is 2.29. The maximum atomic E-state index is 4.40. The van der Waals surface area contributed by atoms with Gasteiger partial charge in [0.2, 0.25) is 0 Å². The van der Waals surface area contributed by atoms with E-state index in [4.69, 9.17) is 0 Å². The molecular formula is C9H18GeN2. The van der Waals surface area contributed by atoms with Gasteiger partial charge in [0, 0.05) is 0 Å². The van der Waals surface area contributed by atoms with E-state index in [2.05, 4.69) is 35.7 Å². The Labute approximate surface area is 77.6 Å². The first kappa shape index (κ1) is 9.84. The van der Waals surface area contributed by atoms with E-state index < -0.39 is 13.5 Å². The molecule has 0 aromatic carbocycles. The van der Waals surface area contributed by atoms with E-state index in [1.54, 1.807) is 0 Å². The molecule has 0 saturated carbocycles. The fraction of sp³-hybridized carbons (Fsp3) is 0.667. The number of nitrogens with zero attached hydrogens (tertiary/aromatic N) is 2. The predicted molar refractivity (Wildman–Crippen MR) is 54.8 cm³/mol. The molecule has 0 atom stereocenters. The molecule has 0 radical (unpaired) electrons. The molecule has 68 valence electrons. The van der Waals surface area contributed by atoms with Gasteiger partial charge < -0.3 is 0 Å². The van der Waals surface area contributed by atoms with Crippen LogP contribution in [0.3, 0.4) is 0 Å². The van der Waals surface area contributed by atoms with Crippen LogP contribution in [-0.2, 0) is 0 Å². The third-order valence-electron chi connectivity index (χ3n) is 2.96. The molecule has 0 fully saturated rings. The quantitative estimate of drug-likeness (QED) is 0.723. The van der Waals surface area contributed by atoms with Gasteiger partial charge in [-0.2, -0.15) is 0 Å². The Balaban J connectivity index is 2.93. The van der Waals surface area contributed by atoms with Gasteiger partial charge in [-0.05, 0) is 0 Å². The zero-order valence-corrected chi connectivity index (χ0v) is 10.3. The topological polar surface area (TPSA) is 17.8 Å². The summed E-state index contributed by atoms with van der Waals surface area (Å²) in [6, 6.07) is 2.04. The summed E-state index contributed by atoms with van der Waals surface area (Å²) in [5, 5.41) is 8.43. The van der Waals surface area contributed by atoms with Crippen molar-refractivity contribution in [1.29, 1.82) is 0 Å². The fourth-order valence-corrected chi connectivity index (χ4v) is 8.47. The molecule has 12 heavy (non-hydrogen) atoms. The molecule has 2 nitrogen and oxygen atoms in total. The summed E-state index contributed by atoms with van der Waals surface area (Å²) in [5.41, 5.74) is 0. The third-order valence-corrected chi connectivity index (χ3v) is 13.8. The maximum absolute atomic E-state index is 4.40. The SMILES string of the molecule is C[CH2][Ge]([CH2]C)([CH2]C)[n]1cccn1. The molecule has 0 aliphatic carbocycles. The molecule has 0 aliphatic heterocycles. The van der Waals surface area contributed by atoms with Crippen molar-refractivity contribution in [3.63, 3.8) is 0 Å². The Morgan fingerprint density at radius 3 is 2.08 bits per heavy atom. The molecule has 1 heterocycles. The van der Waals surface area contributed by atoms with Crippen molar-refractivity contribution >= 4 is 13.5 Å². The van der Waals surface area contributed by atoms with Crippen LogP contribution in [0.25, 0.3) is 0 Å². The van der Waals surface area contributed by atoms with Gasteiger partial charge in [-0.15, -0.1) is 0 Å². The number of rotatable bonds is 4. The van der Waals surface area contributed by atoms with E-state index in [1.807, 2.05) is 12.3 Å². The van der Waals surface area contributed by atoms with Crippen LogP contribution in [0.15, 0.2) is 18.5 Å². The molecule has 1 aromatic rings. The average Bonchev–Trinajstić information content (AvgIpc) is 2.62. The molecule has 3 heteroatoms. The van der Waals surface area contributed by atoms with Crippen molar-refractivity contribution < 1.29 is 0 Å². The molecule has 0 N–H and O–H groups in total. The standard InChI is InChI=1S/C9H18GeN2/c1-4-10(5-2,6-3)12-9-7-8-11-12/h7-9H,4-6H2,1-3H3. The Morgan fingerprint density at radius 1 is 1.17 bits per heavy atom. The van der Waals surface area contributed by atoms with Gasteiger partial charge in [-0.1, -0.05) is 0 Å². The van der Waals surface area contributed by atoms with Gasteiger partial charge in [0.25, 0.3) is 0 Å². The van der Waals surface area contributed by atoms with Crippen molar-refractivity contribution in [2.75, 3.05) is 0 Å². The van der Waals surface area contributed by atoms with E-state index in [0.717, 1.165) is 0 Å². The first-order chi connectivity index (χ1) is 5.79. The first-order valence-corrected chi connectivity index (χ1v) is 10.2. The van der Waals surface area contributed by atoms with Crippen LogP contribution < -0.4 is 0 Å². The summed E-state index contributed by atoms with van der Waals surface area (Å²) in [6.07, 6.45) is 4.05. The van der Waals surface area contributed by atoms with Crippen molar-refractivity contribution in [3.05, 3.63) is 18.5 Å². The second kappa shape index (κ2) is 4.12. The van der Waals surface area contributed by atoms with Gasteiger partial charge in [0.15, 0.2) is 0 Å². The Bertz CT molecular complexity index is 206. The Kier molecular flexibility index (Phi) is 3.38. The first-order valence-electron chi connectivity index (χ1n) is 4.79. The van der Waals surface area contributed by atoms with Gasteiger partial charge in [0.05, 0.1) is 0 Å². The van der Waals surface area contributed by atoms with Gasteiger partial charge >= 0.3 is 77.2 Å². The summed E-state index contributed by atoms with van der Waals surface area (Å²) in [7, 11) is 0. The van der Waals surface area contributed by atoms with Crippen LogP contribution in [0.4, 0.5) is 0 Å². The summed E-state index contributed by atoms with van der Waals surface area (Å²) in [5.74, 6) is 0. The Morgan fingerprint density at radius 2 is 1.75 bits per heavy atom. The van der Waals surface area contributed by atoms with Crippen LogP contribution in [-0.4, -0.2) is 22.2 Å². The van der Waals surface area contributed by atoms with Gasteiger partial charge in [-0.3, -0.25) is 0 Å². The summed E-state index contributed by atoms with van der Waals surface area (Å²) >= 11 is -1.76. The predicted octanol–water partition coefficient (Wildman–Crippen LogP) is 2.74. The van der Waals surface area contributed by atoms with Crippen LogP contribution in [0, 0.1) is 0 Å². The zero-order chi connectivity index (χ0) is 9.03. The Hall–Kier alpha value is -0.247. The molecule has 0 aliphatic rings. The number of hydrogen-bond acceptors (Lipinski definition) is 1. The van der Waals surface area contributed by atoms with E-state index in [1.165, 1.54) is 15.8 Å². The molecule has 0 unspecified atom stereocenters. The molecular weight excluding hydrogens is 209 g/mol. The van der Waals surface area contributed by atoms with Crippen LogP contribution in [0.5, 0.6) is 0 Å². The molecule has 0 amide bonds. The number of hydrogen-bond donors (Lipinski definition) is 0. The molecule has 0 saturated heterocycles. The zero-order valence-electron chi connectivity index (χ0n) is 8.25. The fourth-order valence-electron chi connectivity index (χ4n) is 1.79. The van der Waals surface area contributed by atoms with E-state index in [9.17, 15) is 0 Å². The summed E-state index contributed by atoms with van der Waals surface area (Å²) in [4.78, 5) is 0. The van der Waals surface area contributed by atoms with Gasteiger partial charge in [-0.25, -0.2) is 0 Å². The van der Waals surface area contributed by atoms with Crippen molar-refractivity contribution in [1.82, 2.24) is 8.74 Å². The number of aromatic nitrogens is 2. The summed E-state index contributed by atoms with van der Waals surface area (Å²) in [6.45, 7) is 6.94. The molecule has 1 aromatic heterocycles. The minimum atomic E-state index is -1.76. The van der Waals surface area contributed by atoms with Crippen LogP contribution >= 0.6 is 0 Å².